The Hall–Kier alpha value is -0.860. The van der Waals surface area contributed by atoms with E-state index in [2.05, 4.69) is 5.32 Å². The minimum atomic E-state index is 0. The Balaban J connectivity index is -0.000000616. The maximum atomic E-state index is 10.6. The van der Waals surface area contributed by atoms with Gasteiger partial charge in [0.1, 0.15) is 5.78 Å². The fourth-order valence-electron chi connectivity index (χ4n) is 1.29. The van der Waals surface area contributed by atoms with E-state index in [1.54, 1.807) is 6.92 Å². The van der Waals surface area contributed by atoms with Crippen LogP contribution in [-0.2, 0) is 9.59 Å². The average Bonchev–Trinajstić information content (AvgIpc) is 2.24. The van der Waals surface area contributed by atoms with Crippen LogP contribution in [0.25, 0.3) is 0 Å². The number of Topliss-reactive ketones (excluding diaryl/α,β-unsaturated/α-hetero) is 1. The Bertz CT molecular complexity index is 164. The Morgan fingerprint density at radius 3 is 1.94 bits per heavy atom. The van der Waals surface area contributed by atoms with Gasteiger partial charge in [-0.05, 0) is 19.8 Å². The van der Waals surface area contributed by atoms with Crippen molar-refractivity contribution in [2.24, 2.45) is 0 Å². The van der Waals surface area contributed by atoms with Gasteiger partial charge in [-0.1, -0.05) is 33.1 Å². The summed E-state index contributed by atoms with van der Waals surface area (Å²) in [5.74, 6) is 0.324. The molecule has 0 aromatic heterocycles. The fraction of sp³-hybridized carbons (Fsp3) is 0.846. The molecule has 0 heterocycles. The molecule has 0 aliphatic rings. The van der Waals surface area contributed by atoms with Crippen molar-refractivity contribution in [2.45, 2.75) is 66.2 Å². The highest BCUT2D eigenvalue weighted by molar-refractivity contribution is 5.75. The summed E-state index contributed by atoms with van der Waals surface area (Å²) in [6, 6.07) is 0. The number of amides is 1. The molecule has 0 atom stereocenters. The van der Waals surface area contributed by atoms with Crippen LogP contribution < -0.4 is 5.32 Å². The molecule has 0 saturated heterocycles. The number of carbonyl (C=O) groups is 2. The van der Waals surface area contributed by atoms with Crippen LogP contribution in [0.3, 0.4) is 0 Å². The summed E-state index contributed by atoms with van der Waals surface area (Å²) in [6.45, 7) is 7.95. The van der Waals surface area contributed by atoms with Gasteiger partial charge in [0, 0.05) is 21.3 Å². The Morgan fingerprint density at radius 1 is 0.938 bits per heavy atom. The van der Waals surface area contributed by atoms with Crippen LogP contribution in [-0.4, -0.2) is 18.2 Å². The molecule has 0 rings (SSSR count). The van der Waals surface area contributed by atoms with Crippen molar-refractivity contribution in [3.05, 3.63) is 0 Å². The van der Waals surface area contributed by atoms with E-state index in [1.165, 1.54) is 6.92 Å². The summed E-state index contributed by atoms with van der Waals surface area (Å²) >= 11 is 0. The highest BCUT2D eigenvalue weighted by Crippen LogP contribution is 2.04. The van der Waals surface area contributed by atoms with Crippen LogP contribution in [0.15, 0.2) is 0 Å². The normalized spacial score (nSPS) is 9.00. The van der Waals surface area contributed by atoms with Crippen molar-refractivity contribution in [3.63, 3.8) is 0 Å². The lowest BCUT2D eigenvalue weighted by molar-refractivity contribution is -0.119. The van der Waals surface area contributed by atoms with Gasteiger partial charge >= 0.3 is 0 Å². The van der Waals surface area contributed by atoms with Gasteiger partial charge in [0.05, 0.1) is 0 Å². The summed E-state index contributed by atoms with van der Waals surface area (Å²) in [5, 5.41) is 2.76. The lowest BCUT2D eigenvalue weighted by Crippen LogP contribution is -2.20. The van der Waals surface area contributed by atoms with Crippen molar-refractivity contribution in [1.82, 2.24) is 5.32 Å². The van der Waals surface area contributed by atoms with Crippen LogP contribution in [0, 0.1) is 0 Å². The molecule has 0 spiro atoms. The number of carbonyl (C=O) groups excluding carboxylic acids is 2. The Labute approximate surface area is 101 Å². The van der Waals surface area contributed by atoms with Gasteiger partial charge in [-0.3, -0.25) is 4.79 Å². The molecule has 0 bridgehead atoms. The van der Waals surface area contributed by atoms with Crippen molar-refractivity contribution >= 4 is 11.7 Å². The van der Waals surface area contributed by atoms with Crippen LogP contribution in [0.5, 0.6) is 0 Å². The molecule has 0 aromatic rings. The minimum absolute atomic E-state index is 0. The molecule has 1 N–H and O–H groups in total. The summed E-state index contributed by atoms with van der Waals surface area (Å²) in [6.07, 6.45) is 6.19. The van der Waals surface area contributed by atoms with Crippen molar-refractivity contribution in [1.29, 1.82) is 0 Å². The first-order valence-electron chi connectivity index (χ1n) is 6.37. The topological polar surface area (TPSA) is 46.2 Å². The largest absolute Gasteiger partial charge is 0.356 e. The van der Waals surface area contributed by atoms with Crippen molar-refractivity contribution in [2.75, 3.05) is 6.54 Å². The van der Waals surface area contributed by atoms with E-state index in [-0.39, 0.29) is 13.1 Å². The summed E-state index contributed by atoms with van der Waals surface area (Å²) in [7, 11) is 0. The van der Waals surface area contributed by atoms with Crippen LogP contribution in [0.1, 0.15) is 67.6 Å². The molecule has 16 heavy (non-hydrogen) atoms. The first kappa shape index (κ1) is 17.5. The number of hydrogen-bond donors (Lipinski definition) is 1. The number of ketones is 1. The van der Waals surface area contributed by atoms with Crippen molar-refractivity contribution in [3.8, 4) is 0 Å². The standard InChI is InChI=1S/C11H21NO2.C2H6.H2/c1-10(13)8-6-4-3-5-7-9-12-11(2)14;1-2;/h3-9H2,1-2H3,(H,12,14);1-2H3;1H. The zero-order valence-electron chi connectivity index (χ0n) is 11.3. The maximum Gasteiger partial charge on any atom is 0.216 e. The van der Waals surface area contributed by atoms with E-state index >= 15 is 0 Å². The Morgan fingerprint density at radius 2 is 1.44 bits per heavy atom. The third-order valence-corrected chi connectivity index (χ3v) is 2.08. The van der Waals surface area contributed by atoms with E-state index in [1.807, 2.05) is 13.8 Å². The van der Waals surface area contributed by atoms with Gasteiger partial charge in [-0.25, -0.2) is 0 Å². The summed E-state index contributed by atoms with van der Waals surface area (Å²) in [4.78, 5) is 21.1. The zero-order valence-corrected chi connectivity index (χ0v) is 11.3. The average molecular weight is 231 g/mol. The molecule has 3 nitrogen and oxygen atoms in total. The number of nitrogens with one attached hydrogen (secondary N) is 1. The van der Waals surface area contributed by atoms with Gasteiger partial charge in [0.2, 0.25) is 5.91 Å². The molecule has 98 valence electrons. The highest BCUT2D eigenvalue weighted by Gasteiger charge is 1.94. The third-order valence-electron chi connectivity index (χ3n) is 2.08. The maximum absolute atomic E-state index is 10.6. The fourth-order valence-corrected chi connectivity index (χ4v) is 1.29. The number of rotatable bonds is 8. The van der Waals surface area contributed by atoms with E-state index < -0.39 is 0 Å². The molecule has 3 heteroatoms. The molecule has 0 saturated carbocycles. The van der Waals surface area contributed by atoms with E-state index in [4.69, 9.17) is 0 Å². The van der Waals surface area contributed by atoms with Crippen LogP contribution >= 0.6 is 0 Å². The molecule has 0 aliphatic carbocycles. The van der Waals surface area contributed by atoms with Crippen LogP contribution in [0.4, 0.5) is 0 Å². The molecule has 0 aliphatic heterocycles. The van der Waals surface area contributed by atoms with Gasteiger partial charge in [-0.2, -0.15) is 0 Å². The van der Waals surface area contributed by atoms with Gasteiger partial charge in [0.15, 0.2) is 0 Å². The van der Waals surface area contributed by atoms with Gasteiger partial charge < -0.3 is 10.1 Å². The molecule has 0 unspecified atom stereocenters. The van der Waals surface area contributed by atoms with Crippen LogP contribution in [0.2, 0.25) is 0 Å². The summed E-state index contributed by atoms with van der Waals surface area (Å²) < 4.78 is 0. The summed E-state index contributed by atoms with van der Waals surface area (Å²) in [5.41, 5.74) is 0. The van der Waals surface area contributed by atoms with E-state index in [0.29, 0.717) is 6.42 Å². The molecule has 0 aromatic carbocycles. The van der Waals surface area contributed by atoms with E-state index in [9.17, 15) is 9.59 Å². The molecule has 0 fully saturated rings. The third kappa shape index (κ3) is 18.8. The van der Waals surface area contributed by atoms with Crippen molar-refractivity contribution < 1.29 is 11.0 Å². The number of unbranched alkanes of at least 4 members (excludes halogenated alkanes) is 4. The van der Waals surface area contributed by atoms with Gasteiger partial charge in [-0.15, -0.1) is 0 Å². The predicted molar refractivity (Wildman–Crippen MR) is 70.5 cm³/mol. The van der Waals surface area contributed by atoms with E-state index in [0.717, 1.165) is 38.6 Å². The smallest absolute Gasteiger partial charge is 0.216 e. The highest BCUT2D eigenvalue weighted by atomic mass is 16.1. The monoisotopic (exact) mass is 231 g/mol. The lowest BCUT2D eigenvalue weighted by atomic mass is 10.1. The second-order valence-corrected chi connectivity index (χ2v) is 3.70. The first-order valence-corrected chi connectivity index (χ1v) is 6.37. The minimum Gasteiger partial charge on any atom is -0.356 e. The molecular weight excluding hydrogens is 202 g/mol. The zero-order chi connectivity index (χ0) is 12.8. The lowest BCUT2D eigenvalue weighted by Gasteiger charge is -2.01. The second kappa shape index (κ2) is 14.1. The molecule has 0 radical (unpaired) electrons. The number of hydrogen-bond acceptors (Lipinski definition) is 2. The van der Waals surface area contributed by atoms with Gasteiger partial charge in [0.25, 0.3) is 0 Å². The Kier molecular flexibility index (Phi) is 15.5. The first-order chi connectivity index (χ1) is 7.63. The quantitative estimate of drug-likeness (QED) is 0.651. The molecular formula is C13H29NO2. The predicted octanol–water partition coefficient (Wildman–Crippen LogP) is 3.32. The SMILES string of the molecule is CC.CC(=O)CCCCCCCNC(C)=O.[HH]. The second-order valence-electron chi connectivity index (χ2n) is 3.70. The molecule has 1 amide bonds.